The number of rotatable bonds is 1. The number of nitrogens with two attached hydrogens (primary N) is 1. The zero-order valence-corrected chi connectivity index (χ0v) is 5.49. The fourth-order valence-corrected chi connectivity index (χ4v) is 1.11. The highest BCUT2D eigenvalue weighted by Gasteiger charge is 2.29. The fraction of sp³-hybridized carbons (Fsp3) is 1.00. The van der Waals surface area contributed by atoms with Crippen molar-refractivity contribution in [1.82, 2.24) is 5.32 Å². The first kappa shape index (κ1) is 6.96. The van der Waals surface area contributed by atoms with Gasteiger partial charge in [0.1, 0.15) is 5.67 Å². The van der Waals surface area contributed by atoms with E-state index in [1.54, 1.807) is 0 Å². The van der Waals surface area contributed by atoms with Crippen LogP contribution in [-0.2, 0) is 0 Å². The number of piperidine rings is 1. The van der Waals surface area contributed by atoms with E-state index in [1.165, 1.54) is 0 Å². The molecule has 1 aliphatic rings. The van der Waals surface area contributed by atoms with E-state index in [2.05, 4.69) is 5.32 Å². The zero-order chi connectivity index (χ0) is 6.74. The van der Waals surface area contributed by atoms with E-state index >= 15 is 0 Å². The third-order valence-electron chi connectivity index (χ3n) is 1.79. The van der Waals surface area contributed by atoms with Crippen molar-refractivity contribution in [2.75, 3.05) is 19.6 Å². The van der Waals surface area contributed by atoms with Gasteiger partial charge in [-0.05, 0) is 19.4 Å². The Labute approximate surface area is 54.6 Å². The largest absolute Gasteiger partial charge is 0.327 e. The summed E-state index contributed by atoms with van der Waals surface area (Å²) in [5, 5.41) is 2.97. The highest BCUT2D eigenvalue weighted by molar-refractivity contribution is 4.86. The number of hydrogen-bond acceptors (Lipinski definition) is 2. The lowest BCUT2D eigenvalue weighted by Crippen LogP contribution is -2.47. The molecule has 0 saturated carbocycles. The molecule has 0 spiro atoms. The summed E-state index contributed by atoms with van der Waals surface area (Å²) in [6.45, 7) is 1.52. The monoisotopic (exact) mass is 132 g/mol. The first-order valence-electron chi connectivity index (χ1n) is 3.36. The number of nitrogens with one attached hydrogen (secondary N) is 1. The smallest absolute Gasteiger partial charge is 0.135 e. The van der Waals surface area contributed by atoms with Gasteiger partial charge in [-0.3, -0.25) is 0 Å². The quantitative estimate of drug-likeness (QED) is 0.528. The second-order valence-corrected chi connectivity index (χ2v) is 2.64. The van der Waals surface area contributed by atoms with Crippen LogP contribution in [0.25, 0.3) is 0 Å². The average Bonchev–Trinajstić information content (AvgIpc) is 1.90. The van der Waals surface area contributed by atoms with Gasteiger partial charge in [0.15, 0.2) is 0 Å². The van der Waals surface area contributed by atoms with E-state index in [1.807, 2.05) is 0 Å². The first-order valence-corrected chi connectivity index (χ1v) is 3.36. The lowest BCUT2D eigenvalue weighted by atomic mass is 9.97. The molecule has 0 aromatic carbocycles. The predicted octanol–water partition coefficient (Wildman–Crippen LogP) is 0.0368. The average molecular weight is 132 g/mol. The molecular weight excluding hydrogens is 119 g/mol. The molecule has 1 saturated heterocycles. The van der Waals surface area contributed by atoms with E-state index in [4.69, 9.17) is 5.73 Å². The van der Waals surface area contributed by atoms with Crippen LogP contribution in [0, 0.1) is 0 Å². The van der Waals surface area contributed by atoms with Crippen LogP contribution in [0.3, 0.4) is 0 Å². The Balaban J connectivity index is 2.37. The molecule has 0 radical (unpaired) electrons. The van der Waals surface area contributed by atoms with Crippen molar-refractivity contribution in [2.45, 2.75) is 18.5 Å². The molecule has 0 aliphatic carbocycles. The van der Waals surface area contributed by atoms with E-state index in [9.17, 15) is 4.39 Å². The molecule has 0 aromatic heterocycles. The Hall–Kier alpha value is -0.150. The summed E-state index contributed by atoms with van der Waals surface area (Å²) in [5.41, 5.74) is 4.11. The van der Waals surface area contributed by atoms with Crippen LogP contribution in [0.15, 0.2) is 0 Å². The van der Waals surface area contributed by atoms with Crippen LogP contribution < -0.4 is 11.1 Å². The molecule has 1 aliphatic heterocycles. The van der Waals surface area contributed by atoms with Gasteiger partial charge in [-0.15, -0.1) is 0 Å². The van der Waals surface area contributed by atoms with Gasteiger partial charge in [-0.25, -0.2) is 4.39 Å². The second-order valence-electron chi connectivity index (χ2n) is 2.64. The van der Waals surface area contributed by atoms with Crippen molar-refractivity contribution in [2.24, 2.45) is 5.73 Å². The zero-order valence-electron chi connectivity index (χ0n) is 5.49. The fourth-order valence-electron chi connectivity index (χ4n) is 1.11. The summed E-state index contributed by atoms with van der Waals surface area (Å²) in [6, 6.07) is 0. The van der Waals surface area contributed by atoms with Crippen molar-refractivity contribution < 1.29 is 4.39 Å². The minimum absolute atomic E-state index is 0.153. The molecule has 0 unspecified atom stereocenters. The van der Waals surface area contributed by atoms with E-state index < -0.39 is 5.67 Å². The Morgan fingerprint density at radius 2 is 2.44 bits per heavy atom. The summed E-state index contributed by atoms with van der Waals surface area (Å²) >= 11 is 0. The molecule has 1 rings (SSSR count). The third kappa shape index (κ3) is 1.63. The van der Waals surface area contributed by atoms with Crippen LogP contribution in [-0.4, -0.2) is 25.3 Å². The first-order chi connectivity index (χ1) is 4.27. The number of hydrogen-bond donors (Lipinski definition) is 2. The molecule has 9 heavy (non-hydrogen) atoms. The van der Waals surface area contributed by atoms with E-state index in [0.717, 1.165) is 13.0 Å². The third-order valence-corrected chi connectivity index (χ3v) is 1.79. The highest BCUT2D eigenvalue weighted by Crippen LogP contribution is 2.18. The van der Waals surface area contributed by atoms with Crippen LogP contribution in [0.1, 0.15) is 12.8 Å². The van der Waals surface area contributed by atoms with Crippen molar-refractivity contribution in [3.8, 4) is 0 Å². The molecule has 2 nitrogen and oxygen atoms in total. The van der Waals surface area contributed by atoms with Crippen LogP contribution in [0.5, 0.6) is 0 Å². The van der Waals surface area contributed by atoms with Gasteiger partial charge in [0.05, 0.1) is 0 Å². The van der Waals surface area contributed by atoms with Crippen LogP contribution >= 0.6 is 0 Å². The minimum atomic E-state index is -1.11. The summed E-state index contributed by atoms with van der Waals surface area (Å²) in [7, 11) is 0. The lowest BCUT2D eigenvalue weighted by Gasteiger charge is -2.28. The standard InChI is InChI=1S/C6H13FN2/c7-6(4-8)2-1-3-9-5-6/h9H,1-5,8H2/t6-/m1/s1. The molecule has 1 heterocycles. The molecule has 1 fully saturated rings. The van der Waals surface area contributed by atoms with Gasteiger partial charge in [0.25, 0.3) is 0 Å². The summed E-state index contributed by atoms with van der Waals surface area (Å²) < 4.78 is 13.1. The van der Waals surface area contributed by atoms with Crippen LogP contribution in [0.4, 0.5) is 4.39 Å². The van der Waals surface area contributed by atoms with Gasteiger partial charge in [0, 0.05) is 13.1 Å². The normalized spacial score (nSPS) is 36.7. The van der Waals surface area contributed by atoms with Crippen molar-refractivity contribution in [3.63, 3.8) is 0 Å². The number of halogens is 1. The maximum absolute atomic E-state index is 13.1. The van der Waals surface area contributed by atoms with Crippen molar-refractivity contribution in [3.05, 3.63) is 0 Å². The Kier molecular flexibility index (Phi) is 2.03. The van der Waals surface area contributed by atoms with Gasteiger partial charge >= 0.3 is 0 Å². The molecule has 0 amide bonds. The Morgan fingerprint density at radius 1 is 1.67 bits per heavy atom. The van der Waals surface area contributed by atoms with Gasteiger partial charge in [-0.1, -0.05) is 0 Å². The van der Waals surface area contributed by atoms with Gasteiger partial charge < -0.3 is 11.1 Å². The highest BCUT2D eigenvalue weighted by atomic mass is 19.1. The van der Waals surface area contributed by atoms with Crippen molar-refractivity contribution in [1.29, 1.82) is 0 Å². The SMILES string of the molecule is NC[C@]1(F)CCCNC1. The van der Waals surface area contributed by atoms with E-state index in [-0.39, 0.29) is 6.54 Å². The maximum Gasteiger partial charge on any atom is 0.135 e. The summed E-state index contributed by atoms with van der Waals surface area (Å²) in [4.78, 5) is 0. The Morgan fingerprint density at radius 3 is 2.78 bits per heavy atom. The topological polar surface area (TPSA) is 38.0 Å². The van der Waals surface area contributed by atoms with Gasteiger partial charge in [0.2, 0.25) is 0 Å². The second kappa shape index (κ2) is 2.62. The molecular formula is C6H13FN2. The number of alkyl halides is 1. The predicted molar refractivity (Wildman–Crippen MR) is 35.0 cm³/mol. The molecule has 0 aromatic rings. The van der Waals surface area contributed by atoms with E-state index in [0.29, 0.717) is 13.0 Å². The van der Waals surface area contributed by atoms with Crippen molar-refractivity contribution >= 4 is 0 Å². The van der Waals surface area contributed by atoms with Gasteiger partial charge in [-0.2, -0.15) is 0 Å². The minimum Gasteiger partial charge on any atom is -0.327 e. The maximum atomic E-state index is 13.1. The van der Waals surface area contributed by atoms with Crippen LogP contribution in [0.2, 0.25) is 0 Å². The lowest BCUT2D eigenvalue weighted by molar-refractivity contribution is 0.132. The Bertz CT molecular complexity index is 89.1. The molecule has 3 heteroatoms. The molecule has 3 N–H and O–H groups in total. The summed E-state index contributed by atoms with van der Waals surface area (Å²) in [6.07, 6.45) is 1.53. The molecule has 1 atom stereocenters. The molecule has 54 valence electrons. The molecule has 0 bridgehead atoms. The summed E-state index contributed by atoms with van der Waals surface area (Å²) in [5.74, 6) is 0.